The lowest BCUT2D eigenvalue weighted by molar-refractivity contribution is 0.0517. The summed E-state index contributed by atoms with van der Waals surface area (Å²) in [6.07, 6.45) is 1.29. The summed E-state index contributed by atoms with van der Waals surface area (Å²) >= 11 is 0. The molecule has 1 aromatic carbocycles. The molecule has 6 heteroatoms. The summed E-state index contributed by atoms with van der Waals surface area (Å²) in [4.78, 5) is 14.3. The van der Waals surface area contributed by atoms with Gasteiger partial charge < -0.3 is 10.0 Å². The van der Waals surface area contributed by atoms with Crippen LogP contribution < -0.4 is 0 Å². The molecule has 0 bridgehead atoms. The van der Waals surface area contributed by atoms with E-state index in [1.54, 1.807) is 30.0 Å². The summed E-state index contributed by atoms with van der Waals surface area (Å²) < 4.78 is 13.0. The Hall–Kier alpha value is -2.21. The number of carbonyl (C=O) groups is 1. The number of rotatable bonds is 3. The van der Waals surface area contributed by atoms with Crippen molar-refractivity contribution in [3.05, 3.63) is 41.8 Å². The maximum Gasteiger partial charge on any atom is 0.271 e. The number of aromatic nitrogens is 2. The minimum absolute atomic E-state index is 0.0881. The zero-order valence-corrected chi connectivity index (χ0v) is 13.0. The number of aliphatic hydroxyl groups excluding tert-OH is 1. The van der Waals surface area contributed by atoms with E-state index in [-0.39, 0.29) is 23.7 Å². The standard InChI is InChI=1S/C17H20FN3O2/c1-11(22)12-6-8-21(9-7-12)17(23)16-10-15(19-20-16)13-2-4-14(18)5-3-13/h2-5,10-12,22H,6-9H2,1H3,(H,19,20). The van der Waals surface area contributed by atoms with Gasteiger partial charge in [-0.2, -0.15) is 5.10 Å². The largest absolute Gasteiger partial charge is 0.393 e. The minimum Gasteiger partial charge on any atom is -0.393 e. The van der Waals surface area contributed by atoms with Gasteiger partial charge in [0.2, 0.25) is 0 Å². The van der Waals surface area contributed by atoms with Crippen LogP contribution in [0.1, 0.15) is 30.3 Å². The van der Waals surface area contributed by atoms with Gasteiger partial charge in [0.1, 0.15) is 11.5 Å². The number of amides is 1. The van der Waals surface area contributed by atoms with Crippen LogP contribution in [-0.4, -0.2) is 45.3 Å². The fourth-order valence-corrected chi connectivity index (χ4v) is 2.96. The summed E-state index contributed by atoms with van der Waals surface area (Å²) in [6.45, 7) is 3.07. The molecule has 1 unspecified atom stereocenters. The third-order valence-electron chi connectivity index (χ3n) is 4.46. The molecule has 0 radical (unpaired) electrons. The number of benzene rings is 1. The average Bonchev–Trinajstić information content (AvgIpc) is 3.05. The van der Waals surface area contributed by atoms with E-state index in [2.05, 4.69) is 10.2 Å². The van der Waals surface area contributed by atoms with E-state index < -0.39 is 0 Å². The monoisotopic (exact) mass is 317 g/mol. The highest BCUT2D eigenvalue weighted by Crippen LogP contribution is 2.23. The number of hydrogen-bond donors (Lipinski definition) is 2. The van der Waals surface area contributed by atoms with Gasteiger partial charge in [0.25, 0.3) is 5.91 Å². The van der Waals surface area contributed by atoms with E-state index >= 15 is 0 Å². The Morgan fingerprint density at radius 1 is 1.35 bits per heavy atom. The first-order valence-corrected chi connectivity index (χ1v) is 7.83. The number of H-pyrrole nitrogens is 1. The molecule has 1 amide bonds. The number of nitrogens with zero attached hydrogens (tertiary/aromatic N) is 2. The quantitative estimate of drug-likeness (QED) is 0.913. The zero-order chi connectivity index (χ0) is 16.4. The molecule has 1 aliphatic rings. The lowest BCUT2D eigenvalue weighted by Gasteiger charge is -2.32. The molecule has 122 valence electrons. The number of carbonyl (C=O) groups excluding carboxylic acids is 1. The highest BCUT2D eigenvalue weighted by Gasteiger charge is 2.26. The van der Waals surface area contributed by atoms with Crippen LogP contribution in [0.4, 0.5) is 4.39 Å². The van der Waals surface area contributed by atoms with Gasteiger partial charge in [0.15, 0.2) is 0 Å². The van der Waals surface area contributed by atoms with Crippen LogP contribution in [0, 0.1) is 11.7 Å². The van der Waals surface area contributed by atoms with Crippen molar-refractivity contribution in [3.63, 3.8) is 0 Å². The highest BCUT2D eigenvalue weighted by atomic mass is 19.1. The molecule has 1 atom stereocenters. The summed E-state index contributed by atoms with van der Waals surface area (Å²) in [5, 5.41) is 16.5. The van der Waals surface area contributed by atoms with Gasteiger partial charge in [-0.1, -0.05) is 0 Å². The van der Waals surface area contributed by atoms with Crippen molar-refractivity contribution in [1.82, 2.24) is 15.1 Å². The van der Waals surface area contributed by atoms with Gasteiger partial charge in [0.05, 0.1) is 11.8 Å². The second kappa shape index (κ2) is 6.50. The highest BCUT2D eigenvalue weighted by molar-refractivity contribution is 5.93. The number of hydrogen-bond acceptors (Lipinski definition) is 3. The van der Waals surface area contributed by atoms with E-state index in [9.17, 15) is 14.3 Å². The predicted molar refractivity (Wildman–Crippen MR) is 84.3 cm³/mol. The molecule has 23 heavy (non-hydrogen) atoms. The van der Waals surface area contributed by atoms with Crippen LogP contribution in [-0.2, 0) is 0 Å². The number of likely N-dealkylation sites (tertiary alicyclic amines) is 1. The van der Waals surface area contributed by atoms with Gasteiger partial charge in [-0.15, -0.1) is 0 Å². The van der Waals surface area contributed by atoms with Crippen LogP contribution in [0.25, 0.3) is 11.3 Å². The molecular formula is C17H20FN3O2. The Labute approximate surface area is 134 Å². The molecular weight excluding hydrogens is 297 g/mol. The first-order valence-electron chi connectivity index (χ1n) is 7.83. The molecule has 0 spiro atoms. The van der Waals surface area contributed by atoms with E-state index in [1.807, 2.05) is 0 Å². The van der Waals surface area contributed by atoms with Crippen LogP contribution in [0.15, 0.2) is 30.3 Å². The van der Waals surface area contributed by atoms with Gasteiger partial charge in [-0.3, -0.25) is 9.89 Å². The smallest absolute Gasteiger partial charge is 0.271 e. The lowest BCUT2D eigenvalue weighted by Crippen LogP contribution is -2.40. The molecule has 0 aliphatic carbocycles. The molecule has 2 N–H and O–H groups in total. The summed E-state index contributed by atoms with van der Waals surface area (Å²) in [7, 11) is 0. The van der Waals surface area contributed by atoms with Crippen LogP contribution in [0.5, 0.6) is 0 Å². The topological polar surface area (TPSA) is 69.2 Å². The molecule has 1 fully saturated rings. The summed E-state index contributed by atoms with van der Waals surface area (Å²) in [6, 6.07) is 7.69. The van der Waals surface area contributed by atoms with Gasteiger partial charge in [0, 0.05) is 18.7 Å². The summed E-state index contributed by atoms with van der Waals surface area (Å²) in [5.41, 5.74) is 1.81. The molecule has 1 aliphatic heterocycles. The fraction of sp³-hybridized carbons (Fsp3) is 0.412. The maximum atomic E-state index is 13.0. The SMILES string of the molecule is CC(O)C1CCN(C(=O)c2cc(-c3ccc(F)cc3)n[nH]2)CC1. The van der Waals surface area contributed by atoms with Crippen molar-refractivity contribution in [2.24, 2.45) is 5.92 Å². The minimum atomic E-state index is -0.329. The van der Waals surface area contributed by atoms with E-state index in [0.717, 1.165) is 18.4 Å². The van der Waals surface area contributed by atoms with Crippen molar-refractivity contribution in [3.8, 4) is 11.3 Å². The molecule has 3 rings (SSSR count). The Bertz CT molecular complexity index is 673. The lowest BCUT2D eigenvalue weighted by atomic mass is 9.92. The van der Waals surface area contributed by atoms with Crippen LogP contribution in [0.2, 0.25) is 0 Å². The first-order chi connectivity index (χ1) is 11.0. The first kappa shape index (κ1) is 15.7. The van der Waals surface area contributed by atoms with E-state index in [1.165, 1.54) is 12.1 Å². The van der Waals surface area contributed by atoms with Crippen LogP contribution >= 0.6 is 0 Å². The number of aliphatic hydroxyl groups is 1. The van der Waals surface area contributed by atoms with E-state index in [0.29, 0.717) is 24.5 Å². The Morgan fingerprint density at radius 3 is 2.61 bits per heavy atom. The van der Waals surface area contributed by atoms with Crippen molar-refractivity contribution in [1.29, 1.82) is 0 Å². The molecule has 2 heterocycles. The average molecular weight is 317 g/mol. The fourth-order valence-electron chi connectivity index (χ4n) is 2.96. The van der Waals surface area contributed by atoms with Gasteiger partial charge >= 0.3 is 0 Å². The number of halogens is 1. The van der Waals surface area contributed by atoms with E-state index in [4.69, 9.17) is 0 Å². The van der Waals surface area contributed by atoms with Crippen LogP contribution in [0.3, 0.4) is 0 Å². The van der Waals surface area contributed by atoms with Crippen molar-refractivity contribution >= 4 is 5.91 Å². The normalized spacial score (nSPS) is 17.3. The third-order valence-corrected chi connectivity index (χ3v) is 4.46. The molecule has 1 aromatic heterocycles. The number of nitrogens with one attached hydrogen (secondary N) is 1. The van der Waals surface area contributed by atoms with Crippen molar-refractivity contribution < 1.29 is 14.3 Å². The number of piperidine rings is 1. The summed E-state index contributed by atoms with van der Waals surface area (Å²) in [5.74, 6) is -0.132. The Morgan fingerprint density at radius 2 is 2.00 bits per heavy atom. The zero-order valence-electron chi connectivity index (χ0n) is 13.0. The third kappa shape index (κ3) is 3.42. The molecule has 0 saturated carbocycles. The van der Waals surface area contributed by atoms with Crippen molar-refractivity contribution in [2.45, 2.75) is 25.9 Å². The van der Waals surface area contributed by atoms with Crippen molar-refractivity contribution in [2.75, 3.05) is 13.1 Å². The second-order valence-corrected chi connectivity index (χ2v) is 6.04. The predicted octanol–water partition coefficient (Wildman–Crippen LogP) is 2.45. The molecule has 2 aromatic rings. The number of aromatic amines is 1. The van der Waals surface area contributed by atoms with Gasteiger partial charge in [-0.25, -0.2) is 4.39 Å². The Kier molecular flexibility index (Phi) is 4.43. The molecule has 5 nitrogen and oxygen atoms in total. The second-order valence-electron chi connectivity index (χ2n) is 6.04. The molecule has 1 saturated heterocycles. The van der Waals surface area contributed by atoms with Gasteiger partial charge in [-0.05, 0) is 56.0 Å². The maximum absolute atomic E-state index is 13.0. The Balaban J connectivity index is 1.68.